The fraction of sp³-hybridized carbons (Fsp3) is 0.667. The molecule has 1 atom stereocenters. The molecule has 1 saturated heterocycles. The number of piperidine rings is 1. The van der Waals surface area contributed by atoms with Crippen LogP contribution in [0.4, 0.5) is 0 Å². The van der Waals surface area contributed by atoms with E-state index in [1.165, 1.54) is 12.8 Å². The molecule has 4 nitrogen and oxygen atoms in total. The predicted octanol–water partition coefficient (Wildman–Crippen LogP) is 1.96. The van der Waals surface area contributed by atoms with Crippen LogP contribution in [0, 0.1) is 12.8 Å². The van der Waals surface area contributed by atoms with E-state index in [9.17, 15) is 0 Å². The third-order valence-electron chi connectivity index (χ3n) is 3.98. The number of aryl methyl sites for hydroxylation is 1. The van der Waals surface area contributed by atoms with Gasteiger partial charge in [0.15, 0.2) is 0 Å². The van der Waals surface area contributed by atoms with Gasteiger partial charge in [0.05, 0.1) is 12.8 Å². The molecule has 0 aliphatic carbocycles. The Labute approximate surface area is 116 Å². The quantitative estimate of drug-likeness (QED) is 0.902. The van der Waals surface area contributed by atoms with Crippen molar-refractivity contribution in [3.63, 3.8) is 0 Å². The number of hydrogen-bond donors (Lipinski definition) is 1. The molecule has 1 fully saturated rings. The summed E-state index contributed by atoms with van der Waals surface area (Å²) in [6.45, 7) is 7.26. The fourth-order valence-corrected chi connectivity index (χ4v) is 2.77. The smallest absolute Gasteiger partial charge is 0.122 e. The first-order valence-corrected chi connectivity index (χ1v) is 7.08. The molecule has 0 bridgehead atoms. The predicted molar refractivity (Wildman–Crippen MR) is 77.2 cm³/mol. The van der Waals surface area contributed by atoms with Crippen LogP contribution in [0.15, 0.2) is 12.1 Å². The SMILES string of the molecule is COc1cc(C)nc(CN2CCC(C(C)N)CC2)c1. The number of nitrogens with two attached hydrogens (primary N) is 1. The van der Waals surface area contributed by atoms with Gasteiger partial charge in [-0.05, 0) is 45.7 Å². The van der Waals surface area contributed by atoms with Crippen molar-refractivity contribution in [3.05, 3.63) is 23.5 Å². The maximum Gasteiger partial charge on any atom is 0.122 e. The standard InChI is InChI=1S/C15H25N3O/c1-11-8-15(19-3)9-14(17-11)10-18-6-4-13(5-7-18)12(2)16/h8-9,12-13H,4-7,10,16H2,1-3H3. The molecule has 1 aliphatic rings. The van der Waals surface area contributed by atoms with E-state index in [2.05, 4.69) is 16.8 Å². The Morgan fingerprint density at radius 2 is 2.11 bits per heavy atom. The molecule has 1 unspecified atom stereocenters. The Morgan fingerprint density at radius 1 is 1.42 bits per heavy atom. The first-order chi connectivity index (χ1) is 9.08. The average molecular weight is 263 g/mol. The Bertz CT molecular complexity index is 412. The highest BCUT2D eigenvalue weighted by Crippen LogP contribution is 2.21. The fourth-order valence-electron chi connectivity index (χ4n) is 2.77. The summed E-state index contributed by atoms with van der Waals surface area (Å²) in [5.74, 6) is 1.57. The van der Waals surface area contributed by atoms with Gasteiger partial charge in [0.25, 0.3) is 0 Å². The maximum atomic E-state index is 5.98. The van der Waals surface area contributed by atoms with Crippen molar-refractivity contribution in [2.24, 2.45) is 11.7 Å². The van der Waals surface area contributed by atoms with E-state index in [-0.39, 0.29) is 0 Å². The lowest BCUT2D eigenvalue weighted by Gasteiger charge is -2.33. The van der Waals surface area contributed by atoms with E-state index in [0.29, 0.717) is 12.0 Å². The molecule has 2 rings (SSSR count). The van der Waals surface area contributed by atoms with Crippen molar-refractivity contribution >= 4 is 0 Å². The molecular formula is C15H25N3O. The first-order valence-electron chi connectivity index (χ1n) is 7.08. The highest BCUT2D eigenvalue weighted by molar-refractivity contribution is 5.26. The van der Waals surface area contributed by atoms with E-state index in [4.69, 9.17) is 10.5 Å². The number of aromatic nitrogens is 1. The van der Waals surface area contributed by atoms with Crippen LogP contribution in [-0.2, 0) is 6.54 Å². The molecule has 106 valence electrons. The van der Waals surface area contributed by atoms with E-state index in [1.54, 1.807) is 7.11 Å². The molecule has 1 aromatic heterocycles. The second kappa shape index (κ2) is 6.35. The lowest BCUT2D eigenvalue weighted by Crippen LogP contribution is -2.39. The van der Waals surface area contributed by atoms with E-state index in [0.717, 1.165) is 36.8 Å². The summed E-state index contributed by atoms with van der Waals surface area (Å²) in [4.78, 5) is 7.04. The molecule has 0 amide bonds. The zero-order valence-electron chi connectivity index (χ0n) is 12.2. The number of pyridine rings is 1. The average Bonchev–Trinajstić information content (AvgIpc) is 2.38. The molecule has 2 heterocycles. The van der Waals surface area contributed by atoms with Crippen LogP contribution in [-0.4, -0.2) is 36.1 Å². The molecule has 1 aliphatic heterocycles. The molecule has 0 saturated carbocycles. The number of ether oxygens (including phenoxy) is 1. The van der Waals surface area contributed by atoms with Gasteiger partial charge in [-0.15, -0.1) is 0 Å². The number of methoxy groups -OCH3 is 1. The summed E-state index contributed by atoms with van der Waals surface area (Å²) in [5.41, 5.74) is 8.08. The number of nitrogens with zero attached hydrogens (tertiary/aromatic N) is 2. The highest BCUT2D eigenvalue weighted by atomic mass is 16.5. The minimum Gasteiger partial charge on any atom is -0.497 e. The molecule has 0 radical (unpaired) electrons. The van der Waals surface area contributed by atoms with Gasteiger partial charge in [0, 0.05) is 30.4 Å². The zero-order valence-corrected chi connectivity index (χ0v) is 12.2. The molecule has 1 aromatic rings. The molecule has 19 heavy (non-hydrogen) atoms. The van der Waals surface area contributed by atoms with Gasteiger partial charge in [-0.2, -0.15) is 0 Å². The van der Waals surface area contributed by atoms with Crippen LogP contribution in [0.2, 0.25) is 0 Å². The molecule has 0 aromatic carbocycles. The van der Waals surface area contributed by atoms with E-state index < -0.39 is 0 Å². The van der Waals surface area contributed by atoms with Gasteiger partial charge in [0.2, 0.25) is 0 Å². The summed E-state index contributed by atoms with van der Waals surface area (Å²) >= 11 is 0. The van der Waals surface area contributed by atoms with Gasteiger partial charge >= 0.3 is 0 Å². The minimum atomic E-state index is 0.319. The minimum absolute atomic E-state index is 0.319. The third kappa shape index (κ3) is 3.91. The summed E-state index contributed by atoms with van der Waals surface area (Å²) in [7, 11) is 1.70. The molecule has 2 N–H and O–H groups in total. The summed E-state index contributed by atoms with van der Waals surface area (Å²) in [6, 6.07) is 4.32. The van der Waals surface area contributed by atoms with Crippen LogP contribution in [0.3, 0.4) is 0 Å². The number of rotatable bonds is 4. The monoisotopic (exact) mass is 263 g/mol. The van der Waals surface area contributed by atoms with Crippen LogP contribution >= 0.6 is 0 Å². The van der Waals surface area contributed by atoms with Crippen molar-refractivity contribution in [2.45, 2.75) is 39.3 Å². The maximum absolute atomic E-state index is 5.98. The first kappa shape index (κ1) is 14.3. The van der Waals surface area contributed by atoms with Crippen LogP contribution in [0.1, 0.15) is 31.2 Å². The van der Waals surface area contributed by atoms with Crippen molar-refractivity contribution in [3.8, 4) is 5.75 Å². The zero-order chi connectivity index (χ0) is 13.8. The largest absolute Gasteiger partial charge is 0.497 e. The lowest BCUT2D eigenvalue weighted by atomic mass is 9.91. The van der Waals surface area contributed by atoms with Crippen molar-refractivity contribution in [1.29, 1.82) is 0 Å². The van der Waals surface area contributed by atoms with Crippen molar-refractivity contribution < 1.29 is 4.74 Å². The normalized spacial score (nSPS) is 19.4. The second-order valence-electron chi connectivity index (χ2n) is 5.61. The highest BCUT2D eigenvalue weighted by Gasteiger charge is 2.22. The lowest BCUT2D eigenvalue weighted by molar-refractivity contribution is 0.164. The second-order valence-corrected chi connectivity index (χ2v) is 5.61. The molecule has 4 heteroatoms. The van der Waals surface area contributed by atoms with Gasteiger partial charge in [-0.3, -0.25) is 9.88 Å². The van der Waals surface area contributed by atoms with Gasteiger partial charge < -0.3 is 10.5 Å². The Hall–Kier alpha value is -1.13. The van der Waals surface area contributed by atoms with E-state index in [1.807, 2.05) is 19.1 Å². The Morgan fingerprint density at radius 3 is 2.68 bits per heavy atom. The number of hydrogen-bond acceptors (Lipinski definition) is 4. The van der Waals surface area contributed by atoms with E-state index >= 15 is 0 Å². The molecular weight excluding hydrogens is 238 g/mol. The Kier molecular flexibility index (Phi) is 4.77. The summed E-state index contributed by atoms with van der Waals surface area (Å²) < 4.78 is 5.30. The van der Waals surface area contributed by atoms with Crippen LogP contribution < -0.4 is 10.5 Å². The van der Waals surface area contributed by atoms with Crippen LogP contribution in [0.25, 0.3) is 0 Å². The third-order valence-corrected chi connectivity index (χ3v) is 3.98. The summed E-state index contributed by atoms with van der Waals surface area (Å²) in [5, 5.41) is 0. The van der Waals surface area contributed by atoms with Gasteiger partial charge in [-0.25, -0.2) is 0 Å². The summed E-state index contributed by atoms with van der Waals surface area (Å²) in [6.07, 6.45) is 2.39. The Balaban J connectivity index is 1.93. The van der Waals surface area contributed by atoms with Crippen LogP contribution in [0.5, 0.6) is 5.75 Å². The van der Waals surface area contributed by atoms with Gasteiger partial charge in [-0.1, -0.05) is 0 Å². The topological polar surface area (TPSA) is 51.4 Å². The number of likely N-dealkylation sites (tertiary alicyclic amines) is 1. The van der Waals surface area contributed by atoms with Gasteiger partial charge in [0.1, 0.15) is 5.75 Å². The molecule has 0 spiro atoms. The van der Waals surface area contributed by atoms with Crippen molar-refractivity contribution in [1.82, 2.24) is 9.88 Å². The van der Waals surface area contributed by atoms with Crippen molar-refractivity contribution in [2.75, 3.05) is 20.2 Å².